The summed E-state index contributed by atoms with van der Waals surface area (Å²) in [5.41, 5.74) is 1.88. The molecule has 5 heteroatoms. The molecular weight excluding hydrogens is 337 g/mol. The van der Waals surface area contributed by atoms with Crippen LogP contribution >= 0.6 is 15.9 Å². The zero-order valence-electron chi connectivity index (χ0n) is 11.5. The van der Waals surface area contributed by atoms with E-state index in [2.05, 4.69) is 21.2 Å². The van der Waals surface area contributed by atoms with Crippen LogP contribution in [-0.4, -0.2) is 13.0 Å². The van der Waals surface area contributed by atoms with Gasteiger partial charge in [0.15, 0.2) is 0 Å². The lowest BCUT2D eigenvalue weighted by Gasteiger charge is -2.08. The summed E-state index contributed by atoms with van der Waals surface area (Å²) < 4.78 is 19.4. The quantitative estimate of drug-likeness (QED) is 0.892. The molecule has 0 radical (unpaired) electrons. The third kappa shape index (κ3) is 4.37. The average molecular weight is 352 g/mol. The largest absolute Gasteiger partial charge is 0.380 e. The standard InChI is InChI=1S/C16H15BrFNO2/c1-21-10-11-3-2-4-12(7-11)16(20)19-9-13-8-14(17)5-6-15(13)18/h2-8H,9-10H2,1H3,(H,19,20). The van der Waals surface area contributed by atoms with E-state index in [1.165, 1.54) is 6.07 Å². The molecule has 0 atom stereocenters. The highest BCUT2D eigenvalue weighted by Crippen LogP contribution is 2.15. The minimum Gasteiger partial charge on any atom is -0.380 e. The van der Waals surface area contributed by atoms with Crippen molar-refractivity contribution >= 4 is 21.8 Å². The van der Waals surface area contributed by atoms with Gasteiger partial charge in [0, 0.05) is 29.3 Å². The Morgan fingerprint density at radius 1 is 1.29 bits per heavy atom. The van der Waals surface area contributed by atoms with Gasteiger partial charge < -0.3 is 10.1 Å². The Hall–Kier alpha value is -1.72. The summed E-state index contributed by atoms with van der Waals surface area (Å²) in [6.45, 7) is 0.583. The summed E-state index contributed by atoms with van der Waals surface area (Å²) in [4.78, 5) is 12.1. The van der Waals surface area contributed by atoms with Crippen LogP contribution in [0.1, 0.15) is 21.5 Å². The van der Waals surface area contributed by atoms with Gasteiger partial charge >= 0.3 is 0 Å². The molecule has 2 aromatic rings. The first-order chi connectivity index (χ1) is 10.1. The van der Waals surface area contributed by atoms with E-state index < -0.39 is 0 Å². The maximum Gasteiger partial charge on any atom is 0.251 e. The van der Waals surface area contributed by atoms with E-state index in [0.717, 1.165) is 10.0 Å². The van der Waals surface area contributed by atoms with Crippen LogP contribution in [0.3, 0.4) is 0 Å². The van der Waals surface area contributed by atoms with Crippen molar-refractivity contribution in [2.24, 2.45) is 0 Å². The molecule has 0 heterocycles. The number of benzene rings is 2. The van der Waals surface area contributed by atoms with Crippen LogP contribution in [0.2, 0.25) is 0 Å². The first kappa shape index (κ1) is 15.7. The van der Waals surface area contributed by atoms with Crippen molar-refractivity contribution in [3.05, 3.63) is 69.4 Å². The van der Waals surface area contributed by atoms with E-state index in [9.17, 15) is 9.18 Å². The number of carbonyl (C=O) groups excluding carboxylic acids is 1. The minimum absolute atomic E-state index is 0.138. The molecule has 2 aromatic carbocycles. The summed E-state index contributed by atoms with van der Waals surface area (Å²) in [5.74, 6) is -0.584. The number of rotatable bonds is 5. The van der Waals surface area contributed by atoms with Crippen LogP contribution in [-0.2, 0) is 17.9 Å². The SMILES string of the molecule is COCc1cccc(C(=O)NCc2cc(Br)ccc2F)c1. The summed E-state index contributed by atoms with van der Waals surface area (Å²) in [7, 11) is 1.60. The number of halogens is 2. The van der Waals surface area contributed by atoms with Gasteiger partial charge in [-0.05, 0) is 35.9 Å². The molecule has 0 spiro atoms. The van der Waals surface area contributed by atoms with Gasteiger partial charge in [0.25, 0.3) is 5.91 Å². The Kier molecular flexibility index (Phi) is 5.47. The molecule has 110 valence electrons. The number of hydrogen-bond donors (Lipinski definition) is 1. The predicted octanol–water partition coefficient (Wildman–Crippen LogP) is 3.66. The van der Waals surface area contributed by atoms with Gasteiger partial charge in [-0.15, -0.1) is 0 Å². The second kappa shape index (κ2) is 7.33. The molecule has 0 bridgehead atoms. The zero-order valence-corrected chi connectivity index (χ0v) is 13.1. The van der Waals surface area contributed by atoms with Gasteiger partial charge in [0.2, 0.25) is 0 Å². The fourth-order valence-corrected chi connectivity index (χ4v) is 2.33. The highest BCUT2D eigenvalue weighted by Gasteiger charge is 2.08. The van der Waals surface area contributed by atoms with Crippen molar-refractivity contribution < 1.29 is 13.9 Å². The summed E-state index contributed by atoms with van der Waals surface area (Å²) in [6.07, 6.45) is 0. The van der Waals surface area contributed by atoms with Crippen LogP contribution in [0.4, 0.5) is 4.39 Å². The van der Waals surface area contributed by atoms with E-state index in [1.807, 2.05) is 6.07 Å². The number of hydrogen-bond acceptors (Lipinski definition) is 2. The Morgan fingerprint density at radius 2 is 2.10 bits per heavy atom. The molecule has 0 saturated carbocycles. The predicted molar refractivity (Wildman–Crippen MR) is 82.4 cm³/mol. The van der Waals surface area contributed by atoms with Gasteiger partial charge in [-0.25, -0.2) is 4.39 Å². The molecule has 2 rings (SSSR count). The summed E-state index contributed by atoms with van der Waals surface area (Å²) in [6, 6.07) is 11.8. The normalized spacial score (nSPS) is 10.4. The summed E-state index contributed by atoms with van der Waals surface area (Å²) in [5, 5.41) is 2.71. The first-order valence-electron chi connectivity index (χ1n) is 6.40. The van der Waals surface area contributed by atoms with Crippen molar-refractivity contribution in [2.75, 3.05) is 7.11 Å². The number of nitrogens with one attached hydrogen (secondary N) is 1. The van der Waals surface area contributed by atoms with Crippen LogP contribution in [0.25, 0.3) is 0 Å². The molecule has 0 saturated heterocycles. The Balaban J connectivity index is 2.04. The molecule has 0 aliphatic carbocycles. The fourth-order valence-electron chi connectivity index (χ4n) is 1.93. The van der Waals surface area contributed by atoms with Crippen LogP contribution in [0.5, 0.6) is 0 Å². The number of ether oxygens (including phenoxy) is 1. The maximum atomic E-state index is 13.6. The monoisotopic (exact) mass is 351 g/mol. The lowest BCUT2D eigenvalue weighted by Crippen LogP contribution is -2.23. The van der Waals surface area contributed by atoms with Crippen LogP contribution in [0.15, 0.2) is 46.9 Å². The molecule has 0 fully saturated rings. The van der Waals surface area contributed by atoms with Gasteiger partial charge in [-0.3, -0.25) is 4.79 Å². The molecule has 1 amide bonds. The van der Waals surface area contributed by atoms with Gasteiger partial charge in [0.1, 0.15) is 5.82 Å². The lowest BCUT2D eigenvalue weighted by atomic mass is 10.1. The van der Waals surface area contributed by atoms with Gasteiger partial charge in [-0.2, -0.15) is 0 Å². The first-order valence-corrected chi connectivity index (χ1v) is 7.19. The van der Waals surface area contributed by atoms with Crippen molar-refractivity contribution in [2.45, 2.75) is 13.2 Å². The third-order valence-corrected chi connectivity index (χ3v) is 3.44. The smallest absolute Gasteiger partial charge is 0.251 e. The van der Waals surface area contributed by atoms with E-state index in [4.69, 9.17) is 4.74 Å². The molecule has 0 aliphatic rings. The van der Waals surface area contributed by atoms with E-state index in [1.54, 1.807) is 37.4 Å². The van der Waals surface area contributed by atoms with Gasteiger partial charge in [0.05, 0.1) is 6.61 Å². The minimum atomic E-state index is -0.341. The van der Waals surface area contributed by atoms with E-state index in [-0.39, 0.29) is 18.3 Å². The van der Waals surface area contributed by atoms with Crippen LogP contribution in [0, 0.1) is 5.82 Å². The fraction of sp³-hybridized carbons (Fsp3) is 0.188. The molecule has 21 heavy (non-hydrogen) atoms. The van der Waals surface area contributed by atoms with Crippen molar-refractivity contribution in [1.29, 1.82) is 0 Å². The second-order valence-electron chi connectivity index (χ2n) is 4.55. The Labute approximate surface area is 131 Å². The summed E-state index contributed by atoms with van der Waals surface area (Å²) >= 11 is 3.28. The highest BCUT2D eigenvalue weighted by molar-refractivity contribution is 9.10. The molecule has 0 unspecified atom stereocenters. The van der Waals surface area contributed by atoms with E-state index in [0.29, 0.717) is 17.7 Å². The number of carbonyl (C=O) groups is 1. The molecule has 1 N–H and O–H groups in total. The molecule has 0 aliphatic heterocycles. The van der Waals surface area contributed by atoms with Crippen molar-refractivity contribution in [1.82, 2.24) is 5.32 Å². The topological polar surface area (TPSA) is 38.3 Å². The van der Waals surface area contributed by atoms with Crippen LogP contribution < -0.4 is 5.32 Å². The van der Waals surface area contributed by atoms with Gasteiger partial charge in [-0.1, -0.05) is 28.1 Å². The second-order valence-corrected chi connectivity index (χ2v) is 5.47. The number of methoxy groups -OCH3 is 1. The van der Waals surface area contributed by atoms with E-state index >= 15 is 0 Å². The lowest BCUT2D eigenvalue weighted by molar-refractivity contribution is 0.0950. The highest BCUT2D eigenvalue weighted by atomic mass is 79.9. The Morgan fingerprint density at radius 3 is 2.86 bits per heavy atom. The van der Waals surface area contributed by atoms with Crippen molar-refractivity contribution in [3.63, 3.8) is 0 Å². The maximum absolute atomic E-state index is 13.6. The molecule has 3 nitrogen and oxygen atoms in total. The van der Waals surface area contributed by atoms with Crippen molar-refractivity contribution in [3.8, 4) is 0 Å². The molecule has 0 aromatic heterocycles. The Bertz CT molecular complexity index is 646. The number of amides is 1. The third-order valence-electron chi connectivity index (χ3n) is 2.95. The zero-order chi connectivity index (χ0) is 15.2. The molecular formula is C16H15BrFNO2. The average Bonchev–Trinajstić information content (AvgIpc) is 2.48.